The van der Waals surface area contributed by atoms with Crippen LogP contribution in [0.4, 0.5) is 0 Å². The lowest BCUT2D eigenvalue weighted by Gasteiger charge is -2.33. The second-order valence-electron chi connectivity index (χ2n) is 7.38. The Morgan fingerprint density at radius 2 is 2.17 bits per heavy atom. The first kappa shape index (κ1) is 15.1. The maximum absolute atomic E-state index is 12.6. The van der Waals surface area contributed by atoms with E-state index in [1.165, 1.54) is 10.4 Å². The van der Waals surface area contributed by atoms with Crippen LogP contribution < -0.4 is 5.56 Å². The number of aromatic amines is 1. The number of H-pyrrole nitrogens is 1. The molecule has 0 amide bonds. The van der Waals surface area contributed by atoms with Gasteiger partial charge in [-0.05, 0) is 47.6 Å². The third-order valence-electron chi connectivity index (χ3n) is 4.90. The predicted octanol–water partition coefficient (Wildman–Crippen LogP) is 4.86. The van der Waals surface area contributed by atoms with Crippen LogP contribution in [0.5, 0.6) is 0 Å². The van der Waals surface area contributed by atoms with Crippen LogP contribution in [0.2, 0.25) is 0 Å². The molecule has 0 saturated heterocycles. The minimum Gasteiger partial charge on any atom is -0.305 e. The van der Waals surface area contributed by atoms with Crippen LogP contribution in [0.25, 0.3) is 20.9 Å². The van der Waals surface area contributed by atoms with Gasteiger partial charge >= 0.3 is 0 Å². The van der Waals surface area contributed by atoms with Crippen LogP contribution in [0, 0.1) is 11.3 Å². The Hall–Kier alpha value is -1.46. The summed E-state index contributed by atoms with van der Waals surface area (Å²) in [6, 6.07) is 3.98. The van der Waals surface area contributed by atoms with Gasteiger partial charge in [-0.3, -0.25) is 4.79 Å². The summed E-state index contributed by atoms with van der Waals surface area (Å²) >= 11 is 3.32. The highest BCUT2D eigenvalue weighted by Crippen LogP contribution is 2.42. The number of hydrogen-bond donors (Lipinski definition) is 1. The average molecular weight is 345 g/mol. The molecule has 1 N–H and O–H groups in total. The summed E-state index contributed by atoms with van der Waals surface area (Å²) in [6.07, 6.45) is 3.24. The molecular weight excluding hydrogens is 324 g/mol. The van der Waals surface area contributed by atoms with E-state index in [4.69, 9.17) is 4.98 Å². The fourth-order valence-electron chi connectivity index (χ4n) is 3.45. The predicted molar refractivity (Wildman–Crippen MR) is 98.5 cm³/mol. The van der Waals surface area contributed by atoms with Crippen molar-refractivity contribution in [3.05, 3.63) is 38.3 Å². The first-order valence-electron chi connectivity index (χ1n) is 8.02. The number of nitrogens with one attached hydrogen (secondary N) is 1. The van der Waals surface area contributed by atoms with Crippen LogP contribution in [0.3, 0.4) is 0 Å². The van der Waals surface area contributed by atoms with Crippen molar-refractivity contribution in [3.63, 3.8) is 0 Å². The molecule has 0 saturated carbocycles. The summed E-state index contributed by atoms with van der Waals surface area (Å²) in [4.78, 5) is 23.6. The maximum Gasteiger partial charge on any atom is 0.260 e. The first-order valence-corrected chi connectivity index (χ1v) is 9.71. The number of rotatable bonds is 1. The lowest BCUT2D eigenvalue weighted by atomic mass is 9.72. The number of fused-ring (bicyclic) bond motifs is 3. The van der Waals surface area contributed by atoms with Gasteiger partial charge in [0, 0.05) is 4.88 Å². The van der Waals surface area contributed by atoms with E-state index >= 15 is 0 Å². The molecule has 3 aromatic heterocycles. The van der Waals surface area contributed by atoms with Crippen LogP contribution >= 0.6 is 22.7 Å². The molecule has 0 fully saturated rings. The third-order valence-corrected chi connectivity index (χ3v) is 6.92. The van der Waals surface area contributed by atoms with E-state index in [0.717, 1.165) is 34.4 Å². The number of hydrogen-bond acceptors (Lipinski definition) is 4. The van der Waals surface area contributed by atoms with E-state index in [2.05, 4.69) is 25.8 Å². The van der Waals surface area contributed by atoms with Gasteiger partial charge in [0.1, 0.15) is 4.83 Å². The quantitative estimate of drug-likeness (QED) is 0.685. The minimum atomic E-state index is 0.0186. The highest BCUT2D eigenvalue weighted by molar-refractivity contribution is 7.19. The molecule has 3 heterocycles. The Morgan fingerprint density at radius 3 is 2.87 bits per heavy atom. The van der Waals surface area contributed by atoms with Crippen molar-refractivity contribution in [2.75, 3.05) is 0 Å². The number of aryl methyl sites for hydroxylation is 1. The van der Waals surface area contributed by atoms with Gasteiger partial charge in [0.25, 0.3) is 5.56 Å². The third kappa shape index (κ3) is 2.56. The second kappa shape index (κ2) is 5.28. The number of nitrogens with zero attached hydrogens (tertiary/aromatic N) is 1. The maximum atomic E-state index is 12.6. The molecule has 1 atom stereocenters. The standard InChI is InChI=1S/C18H20N2OS2/c1-18(2,3)10-6-7-11-13(9-10)23-17-14(11)16(21)19-15(20-17)12-5-4-8-22-12/h4-5,8,10H,6-7,9H2,1-3H3,(H,19,20,21)/t10-/m0/s1. The zero-order valence-electron chi connectivity index (χ0n) is 13.6. The second-order valence-corrected chi connectivity index (χ2v) is 9.41. The van der Waals surface area contributed by atoms with E-state index < -0.39 is 0 Å². The average Bonchev–Trinajstić information content (AvgIpc) is 3.12. The van der Waals surface area contributed by atoms with Gasteiger partial charge in [0.2, 0.25) is 0 Å². The van der Waals surface area contributed by atoms with Crippen molar-refractivity contribution in [2.45, 2.75) is 40.0 Å². The zero-order valence-corrected chi connectivity index (χ0v) is 15.2. The SMILES string of the molecule is CC(C)(C)[C@H]1CCc2c(sc3nc(-c4cccs4)[nH]c(=O)c23)C1. The van der Waals surface area contributed by atoms with E-state index in [9.17, 15) is 4.79 Å². The van der Waals surface area contributed by atoms with Gasteiger partial charge < -0.3 is 4.98 Å². The largest absolute Gasteiger partial charge is 0.305 e. The topological polar surface area (TPSA) is 45.8 Å². The van der Waals surface area contributed by atoms with Gasteiger partial charge in [-0.1, -0.05) is 26.8 Å². The monoisotopic (exact) mass is 344 g/mol. The molecule has 0 bridgehead atoms. The molecule has 1 aliphatic rings. The fourth-order valence-corrected chi connectivity index (χ4v) is 5.42. The first-order chi connectivity index (χ1) is 10.9. The lowest BCUT2D eigenvalue weighted by molar-refractivity contribution is 0.218. The molecule has 5 heteroatoms. The van der Waals surface area contributed by atoms with E-state index in [0.29, 0.717) is 17.2 Å². The van der Waals surface area contributed by atoms with Crippen molar-refractivity contribution in [1.82, 2.24) is 9.97 Å². The van der Waals surface area contributed by atoms with Crippen LogP contribution in [-0.4, -0.2) is 9.97 Å². The highest BCUT2D eigenvalue weighted by Gasteiger charge is 2.31. The van der Waals surface area contributed by atoms with Gasteiger partial charge in [-0.25, -0.2) is 4.98 Å². The van der Waals surface area contributed by atoms with Crippen LogP contribution in [0.1, 0.15) is 37.6 Å². The van der Waals surface area contributed by atoms with Gasteiger partial charge in [0.05, 0.1) is 10.3 Å². The van der Waals surface area contributed by atoms with Crippen molar-refractivity contribution >= 4 is 32.9 Å². The Labute approximate surface area is 143 Å². The zero-order chi connectivity index (χ0) is 16.2. The minimum absolute atomic E-state index is 0.0186. The van der Waals surface area contributed by atoms with Crippen molar-refractivity contribution < 1.29 is 0 Å². The Morgan fingerprint density at radius 1 is 1.35 bits per heavy atom. The van der Waals surface area contributed by atoms with Crippen molar-refractivity contribution in [2.24, 2.45) is 11.3 Å². The molecule has 120 valence electrons. The number of aromatic nitrogens is 2. The molecule has 0 unspecified atom stereocenters. The highest BCUT2D eigenvalue weighted by atomic mass is 32.1. The van der Waals surface area contributed by atoms with E-state index in [1.807, 2.05) is 17.5 Å². The summed E-state index contributed by atoms with van der Waals surface area (Å²) in [5.74, 6) is 1.38. The van der Waals surface area contributed by atoms with E-state index in [-0.39, 0.29) is 5.56 Å². The Bertz CT molecular complexity index is 913. The molecule has 3 aromatic rings. The molecule has 23 heavy (non-hydrogen) atoms. The summed E-state index contributed by atoms with van der Waals surface area (Å²) in [5.41, 5.74) is 1.58. The molecule has 0 radical (unpaired) electrons. The molecule has 4 rings (SSSR count). The number of thiophene rings is 2. The van der Waals surface area contributed by atoms with E-state index in [1.54, 1.807) is 22.7 Å². The van der Waals surface area contributed by atoms with Crippen molar-refractivity contribution in [1.29, 1.82) is 0 Å². The molecule has 3 nitrogen and oxygen atoms in total. The van der Waals surface area contributed by atoms with Crippen molar-refractivity contribution in [3.8, 4) is 10.7 Å². The van der Waals surface area contributed by atoms with Crippen LogP contribution in [0.15, 0.2) is 22.3 Å². The Balaban J connectivity index is 1.84. The lowest BCUT2D eigenvalue weighted by Crippen LogP contribution is -2.26. The van der Waals surface area contributed by atoms with Gasteiger partial charge in [-0.15, -0.1) is 22.7 Å². The normalized spacial score (nSPS) is 18.3. The summed E-state index contributed by atoms with van der Waals surface area (Å²) in [5, 5.41) is 2.84. The summed E-state index contributed by atoms with van der Waals surface area (Å²) < 4.78 is 0. The molecule has 0 aliphatic heterocycles. The van der Waals surface area contributed by atoms with Gasteiger partial charge in [0.15, 0.2) is 5.82 Å². The van der Waals surface area contributed by atoms with Crippen LogP contribution in [-0.2, 0) is 12.8 Å². The fraction of sp³-hybridized carbons (Fsp3) is 0.444. The van der Waals surface area contributed by atoms with Gasteiger partial charge in [-0.2, -0.15) is 0 Å². The summed E-state index contributed by atoms with van der Waals surface area (Å²) in [6.45, 7) is 6.95. The molecule has 0 spiro atoms. The Kier molecular flexibility index (Phi) is 3.46. The summed E-state index contributed by atoms with van der Waals surface area (Å²) in [7, 11) is 0. The molecular formula is C18H20N2OS2. The molecule has 1 aliphatic carbocycles. The molecule has 0 aromatic carbocycles. The smallest absolute Gasteiger partial charge is 0.260 e.